The van der Waals surface area contributed by atoms with E-state index in [1.54, 1.807) is 4.68 Å². The predicted octanol–water partition coefficient (Wildman–Crippen LogP) is 1.52. The molecule has 0 aliphatic rings. The summed E-state index contributed by atoms with van der Waals surface area (Å²) in [5.74, 6) is 0.370. The highest BCUT2D eigenvalue weighted by Crippen LogP contribution is 2.15. The van der Waals surface area contributed by atoms with Crippen molar-refractivity contribution in [1.29, 1.82) is 0 Å². The molecule has 0 aromatic carbocycles. The molecule has 0 bridgehead atoms. The topological polar surface area (TPSA) is 92.7 Å². The zero-order chi connectivity index (χ0) is 15.4. The monoisotopic (exact) mass is 309 g/mol. The Morgan fingerprint density at radius 3 is 2.90 bits per heavy atom. The van der Waals surface area contributed by atoms with Crippen molar-refractivity contribution in [2.24, 2.45) is 0 Å². The van der Waals surface area contributed by atoms with Gasteiger partial charge in [-0.05, 0) is 19.4 Å². The van der Waals surface area contributed by atoms with E-state index in [0.717, 1.165) is 0 Å². The van der Waals surface area contributed by atoms with Crippen LogP contribution >= 0.6 is 11.6 Å². The van der Waals surface area contributed by atoms with Gasteiger partial charge in [0.2, 0.25) is 0 Å². The number of amides is 1. The maximum Gasteiger partial charge on any atom is 0.266 e. The minimum atomic E-state index is -0.425. The maximum absolute atomic E-state index is 12.2. The van der Waals surface area contributed by atoms with Crippen LogP contribution < -0.4 is 10.9 Å². The SMILES string of the molecule is CC[C@H](NC(=O)c1c[nH]c(=O)c(Cl)c1)c1ncnn1CC. The number of H-pyrrole nitrogens is 1. The number of hydrogen-bond acceptors (Lipinski definition) is 4. The molecule has 0 aliphatic carbocycles. The standard InChI is InChI=1S/C13H16ClN5O2/c1-3-10(11-16-7-17-19(11)4-2)18-12(20)8-5-9(14)13(21)15-6-8/h5-7,10H,3-4H2,1-2H3,(H,15,21)(H,18,20)/t10-/m0/s1. The summed E-state index contributed by atoms with van der Waals surface area (Å²) < 4.78 is 1.73. The highest BCUT2D eigenvalue weighted by molar-refractivity contribution is 6.30. The summed E-state index contributed by atoms with van der Waals surface area (Å²) in [6, 6.07) is 1.08. The summed E-state index contributed by atoms with van der Waals surface area (Å²) in [4.78, 5) is 30.0. The summed E-state index contributed by atoms with van der Waals surface area (Å²) in [5, 5.41) is 6.94. The van der Waals surface area contributed by atoms with Gasteiger partial charge in [-0.2, -0.15) is 5.10 Å². The van der Waals surface area contributed by atoms with Crippen LogP contribution in [0.4, 0.5) is 0 Å². The second-order valence-electron chi connectivity index (χ2n) is 4.43. The van der Waals surface area contributed by atoms with Gasteiger partial charge in [-0.3, -0.25) is 9.59 Å². The molecule has 0 radical (unpaired) electrons. The highest BCUT2D eigenvalue weighted by atomic mass is 35.5. The van der Waals surface area contributed by atoms with Crippen LogP contribution in [0.5, 0.6) is 0 Å². The first-order valence-corrected chi connectivity index (χ1v) is 7.01. The van der Waals surface area contributed by atoms with Crippen molar-refractivity contribution in [3.05, 3.63) is 45.4 Å². The van der Waals surface area contributed by atoms with Crippen molar-refractivity contribution in [1.82, 2.24) is 25.1 Å². The van der Waals surface area contributed by atoms with Crippen molar-refractivity contribution in [2.45, 2.75) is 32.9 Å². The molecule has 2 aromatic heterocycles. The highest BCUT2D eigenvalue weighted by Gasteiger charge is 2.19. The van der Waals surface area contributed by atoms with Crippen LogP contribution in [-0.2, 0) is 6.54 Å². The molecular weight excluding hydrogens is 294 g/mol. The summed E-state index contributed by atoms with van der Waals surface area (Å²) in [6.07, 6.45) is 3.47. The van der Waals surface area contributed by atoms with Crippen molar-refractivity contribution in [3.8, 4) is 0 Å². The quantitative estimate of drug-likeness (QED) is 0.875. The Bertz CT molecular complexity index is 694. The number of aromatic nitrogens is 4. The normalized spacial score (nSPS) is 12.1. The molecular formula is C13H16ClN5O2. The van der Waals surface area contributed by atoms with Gasteiger partial charge >= 0.3 is 0 Å². The van der Waals surface area contributed by atoms with E-state index in [4.69, 9.17) is 11.6 Å². The largest absolute Gasteiger partial charge is 0.342 e. The predicted molar refractivity (Wildman–Crippen MR) is 78.3 cm³/mol. The molecule has 2 aromatic rings. The molecule has 1 atom stereocenters. The van der Waals surface area contributed by atoms with Crippen LogP contribution in [-0.4, -0.2) is 25.7 Å². The van der Waals surface area contributed by atoms with Gasteiger partial charge in [0.05, 0.1) is 11.6 Å². The van der Waals surface area contributed by atoms with Crippen LogP contribution in [0.3, 0.4) is 0 Å². The first-order chi connectivity index (χ1) is 10.1. The number of rotatable bonds is 5. The van der Waals surface area contributed by atoms with Crippen molar-refractivity contribution in [3.63, 3.8) is 0 Å². The van der Waals surface area contributed by atoms with Crippen LogP contribution in [0.25, 0.3) is 0 Å². The average molecular weight is 310 g/mol. The van der Waals surface area contributed by atoms with Gasteiger partial charge in [0.1, 0.15) is 17.2 Å². The summed E-state index contributed by atoms with van der Waals surface area (Å²) in [5.41, 5.74) is -0.133. The fraction of sp³-hybridized carbons (Fsp3) is 0.385. The fourth-order valence-corrected chi connectivity index (χ4v) is 2.14. The number of aryl methyl sites for hydroxylation is 1. The molecule has 0 aliphatic heterocycles. The molecule has 0 unspecified atom stereocenters. The molecule has 7 nitrogen and oxygen atoms in total. The Hall–Kier alpha value is -2.15. The van der Waals surface area contributed by atoms with Crippen molar-refractivity contribution < 1.29 is 4.79 Å². The number of aromatic amines is 1. The first-order valence-electron chi connectivity index (χ1n) is 6.63. The lowest BCUT2D eigenvalue weighted by atomic mass is 10.2. The number of carbonyl (C=O) groups excluding carboxylic acids is 1. The lowest BCUT2D eigenvalue weighted by Crippen LogP contribution is -2.30. The van der Waals surface area contributed by atoms with Crippen LogP contribution in [0.2, 0.25) is 5.02 Å². The molecule has 21 heavy (non-hydrogen) atoms. The third kappa shape index (κ3) is 3.30. The van der Waals surface area contributed by atoms with Crippen LogP contribution in [0, 0.1) is 0 Å². The van der Waals surface area contributed by atoms with E-state index >= 15 is 0 Å². The second kappa shape index (κ2) is 6.53. The van der Waals surface area contributed by atoms with E-state index in [-0.39, 0.29) is 17.0 Å². The van der Waals surface area contributed by atoms with Gasteiger partial charge in [0.15, 0.2) is 0 Å². The molecule has 0 saturated carbocycles. The number of pyridine rings is 1. The zero-order valence-electron chi connectivity index (χ0n) is 11.8. The number of halogens is 1. The van der Waals surface area contributed by atoms with E-state index in [9.17, 15) is 9.59 Å². The maximum atomic E-state index is 12.2. The third-order valence-electron chi connectivity index (χ3n) is 3.09. The Kier molecular flexibility index (Phi) is 4.74. The van der Waals surface area contributed by atoms with Crippen molar-refractivity contribution >= 4 is 17.5 Å². The van der Waals surface area contributed by atoms with Gasteiger partial charge in [0.25, 0.3) is 11.5 Å². The number of hydrogen-bond donors (Lipinski definition) is 2. The number of nitrogens with zero attached hydrogens (tertiary/aromatic N) is 3. The summed E-state index contributed by atoms with van der Waals surface area (Å²) in [6.45, 7) is 4.57. The molecule has 2 rings (SSSR count). The lowest BCUT2D eigenvalue weighted by Gasteiger charge is -2.16. The Labute approximate surface area is 126 Å². The molecule has 0 fully saturated rings. The fourth-order valence-electron chi connectivity index (χ4n) is 1.96. The summed E-state index contributed by atoms with van der Waals surface area (Å²) in [7, 11) is 0. The average Bonchev–Trinajstić information content (AvgIpc) is 2.95. The van der Waals surface area contributed by atoms with E-state index in [2.05, 4.69) is 20.4 Å². The molecule has 1 amide bonds. The van der Waals surface area contributed by atoms with Gasteiger partial charge < -0.3 is 10.3 Å². The van der Waals surface area contributed by atoms with Gasteiger partial charge in [0, 0.05) is 12.7 Å². The Morgan fingerprint density at radius 2 is 2.29 bits per heavy atom. The minimum absolute atomic E-state index is 0.0209. The van der Waals surface area contributed by atoms with E-state index in [1.807, 2.05) is 13.8 Å². The van der Waals surface area contributed by atoms with Gasteiger partial charge in [-0.25, -0.2) is 9.67 Å². The molecule has 2 N–H and O–H groups in total. The van der Waals surface area contributed by atoms with Crippen LogP contribution in [0.1, 0.15) is 42.5 Å². The van der Waals surface area contributed by atoms with E-state index in [0.29, 0.717) is 24.4 Å². The zero-order valence-corrected chi connectivity index (χ0v) is 12.5. The van der Waals surface area contributed by atoms with Gasteiger partial charge in [-0.15, -0.1) is 0 Å². The molecule has 112 valence electrons. The summed E-state index contributed by atoms with van der Waals surface area (Å²) >= 11 is 5.73. The Morgan fingerprint density at radius 1 is 1.52 bits per heavy atom. The molecule has 0 spiro atoms. The molecule has 0 saturated heterocycles. The van der Waals surface area contributed by atoms with E-state index < -0.39 is 5.56 Å². The minimum Gasteiger partial charge on any atom is -0.342 e. The number of carbonyl (C=O) groups is 1. The van der Waals surface area contributed by atoms with Crippen molar-refractivity contribution in [2.75, 3.05) is 0 Å². The smallest absolute Gasteiger partial charge is 0.266 e. The molecule has 2 heterocycles. The Balaban J connectivity index is 2.20. The van der Waals surface area contributed by atoms with E-state index in [1.165, 1.54) is 18.6 Å². The second-order valence-corrected chi connectivity index (χ2v) is 4.84. The van der Waals surface area contributed by atoms with Crippen LogP contribution in [0.15, 0.2) is 23.4 Å². The molecule has 8 heteroatoms. The van der Waals surface area contributed by atoms with Gasteiger partial charge in [-0.1, -0.05) is 18.5 Å². The lowest BCUT2D eigenvalue weighted by molar-refractivity contribution is 0.0932. The third-order valence-corrected chi connectivity index (χ3v) is 3.37. The number of nitrogens with one attached hydrogen (secondary N) is 2. The first kappa shape index (κ1) is 15.2.